The number of hydrogen-bond acceptors (Lipinski definition) is 5. The molecule has 140 valence electrons. The number of aryl methyl sites for hydroxylation is 1. The van der Waals surface area contributed by atoms with Crippen LogP contribution in [0.3, 0.4) is 0 Å². The molecule has 1 aliphatic rings. The Balaban J connectivity index is 1.80. The average Bonchev–Trinajstić information content (AvgIpc) is 2.67. The Labute approximate surface area is 157 Å². The van der Waals surface area contributed by atoms with E-state index in [0.29, 0.717) is 23.4 Å². The van der Waals surface area contributed by atoms with Crippen molar-refractivity contribution in [3.8, 4) is 5.75 Å². The number of non-ortho nitro benzene ring substituents is 1. The Morgan fingerprint density at radius 1 is 1.33 bits per heavy atom. The van der Waals surface area contributed by atoms with Crippen LogP contribution in [-0.2, 0) is 22.7 Å². The summed E-state index contributed by atoms with van der Waals surface area (Å²) in [6.45, 7) is 2.79. The predicted molar refractivity (Wildman–Crippen MR) is 100 cm³/mol. The zero-order valence-corrected chi connectivity index (χ0v) is 15.2. The fourth-order valence-corrected chi connectivity index (χ4v) is 2.87. The molecule has 0 aromatic heterocycles. The molecule has 27 heavy (non-hydrogen) atoms. The van der Waals surface area contributed by atoms with Crippen LogP contribution in [0.25, 0.3) is 6.08 Å². The Kier molecular flexibility index (Phi) is 5.52. The Morgan fingerprint density at radius 3 is 2.85 bits per heavy atom. The highest BCUT2D eigenvalue weighted by atomic mass is 16.7. The number of nitro benzene ring substituents is 1. The van der Waals surface area contributed by atoms with Crippen molar-refractivity contribution >= 4 is 17.7 Å². The van der Waals surface area contributed by atoms with Gasteiger partial charge in [0, 0.05) is 42.9 Å². The summed E-state index contributed by atoms with van der Waals surface area (Å²) in [4.78, 5) is 24.7. The van der Waals surface area contributed by atoms with E-state index >= 15 is 0 Å². The SMILES string of the molecule is Cc1ccccc1CN(C)C(=O)/C=C/c1cc([N+](=O)[O-])cc2c1OCOC2. The number of rotatable bonds is 5. The number of carbonyl (C=O) groups excluding carboxylic acids is 1. The molecule has 1 heterocycles. The second kappa shape index (κ2) is 8.01. The Bertz CT molecular complexity index is 907. The van der Waals surface area contributed by atoms with E-state index in [0.717, 1.165) is 11.1 Å². The minimum absolute atomic E-state index is 0.0665. The second-order valence-electron chi connectivity index (χ2n) is 6.35. The largest absolute Gasteiger partial charge is 0.467 e. The van der Waals surface area contributed by atoms with Crippen molar-refractivity contribution in [3.05, 3.63) is 74.8 Å². The molecule has 0 radical (unpaired) electrons. The van der Waals surface area contributed by atoms with Crippen molar-refractivity contribution in [3.63, 3.8) is 0 Å². The first-order valence-corrected chi connectivity index (χ1v) is 8.45. The van der Waals surface area contributed by atoms with Gasteiger partial charge in [0.25, 0.3) is 5.69 Å². The summed E-state index contributed by atoms with van der Waals surface area (Å²) in [5.41, 5.74) is 3.19. The molecular weight excluding hydrogens is 348 g/mol. The summed E-state index contributed by atoms with van der Waals surface area (Å²) < 4.78 is 10.7. The van der Waals surface area contributed by atoms with Gasteiger partial charge >= 0.3 is 0 Å². The highest BCUT2D eigenvalue weighted by Gasteiger charge is 2.20. The van der Waals surface area contributed by atoms with Crippen molar-refractivity contribution in [2.24, 2.45) is 0 Å². The first kappa shape index (κ1) is 18.6. The molecule has 1 aliphatic heterocycles. The maximum atomic E-state index is 12.5. The first-order valence-electron chi connectivity index (χ1n) is 8.45. The highest BCUT2D eigenvalue weighted by Crippen LogP contribution is 2.33. The number of hydrogen-bond donors (Lipinski definition) is 0. The molecule has 2 aromatic carbocycles. The quantitative estimate of drug-likeness (QED) is 0.459. The first-order chi connectivity index (χ1) is 13.0. The molecule has 0 N–H and O–H groups in total. The van der Waals surface area contributed by atoms with Crippen LogP contribution in [0.5, 0.6) is 5.75 Å². The fraction of sp³-hybridized carbons (Fsp3) is 0.250. The molecule has 7 heteroatoms. The van der Waals surface area contributed by atoms with Crippen LogP contribution in [0.4, 0.5) is 5.69 Å². The minimum Gasteiger partial charge on any atom is -0.467 e. The van der Waals surface area contributed by atoms with Crippen molar-refractivity contribution in [1.29, 1.82) is 0 Å². The van der Waals surface area contributed by atoms with E-state index < -0.39 is 4.92 Å². The van der Waals surface area contributed by atoms with E-state index in [4.69, 9.17) is 9.47 Å². The zero-order chi connectivity index (χ0) is 19.4. The van der Waals surface area contributed by atoms with Crippen LogP contribution in [0.1, 0.15) is 22.3 Å². The van der Waals surface area contributed by atoms with Crippen LogP contribution < -0.4 is 4.74 Å². The zero-order valence-electron chi connectivity index (χ0n) is 15.2. The summed E-state index contributed by atoms with van der Waals surface area (Å²) in [5.74, 6) is 0.308. The lowest BCUT2D eigenvalue weighted by Gasteiger charge is -2.19. The standard InChI is InChI=1S/C20H20N2O5/c1-14-5-3-4-6-16(14)11-21(2)19(23)8-7-15-9-18(22(24)25)10-17-12-26-13-27-20(15)17/h3-10H,11-13H2,1-2H3/b8-7+. The monoisotopic (exact) mass is 368 g/mol. The summed E-state index contributed by atoms with van der Waals surface area (Å²) >= 11 is 0. The lowest BCUT2D eigenvalue weighted by Crippen LogP contribution is -2.24. The molecule has 0 saturated carbocycles. The smallest absolute Gasteiger partial charge is 0.270 e. The normalized spacial score (nSPS) is 13.1. The van der Waals surface area contributed by atoms with Crippen molar-refractivity contribution in [2.75, 3.05) is 13.8 Å². The van der Waals surface area contributed by atoms with Gasteiger partial charge in [-0.05, 0) is 24.1 Å². The molecule has 0 fully saturated rings. The van der Waals surface area contributed by atoms with E-state index in [2.05, 4.69) is 0 Å². The molecule has 2 aromatic rings. The number of likely N-dealkylation sites (N-methyl/N-ethyl adjacent to an activating group) is 1. The van der Waals surface area contributed by atoms with E-state index in [-0.39, 0.29) is 25.0 Å². The highest BCUT2D eigenvalue weighted by molar-refractivity contribution is 5.92. The average molecular weight is 368 g/mol. The van der Waals surface area contributed by atoms with Crippen LogP contribution in [-0.4, -0.2) is 29.6 Å². The van der Waals surface area contributed by atoms with Gasteiger partial charge in [-0.2, -0.15) is 0 Å². The van der Waals surface area contributed by atoms with Gasteiger partial charge < -0.3 is 14.4 Å². The Morgan fingerprint density at radius 2 is 2.11 bits per heavy atom. The Hall–Kier alpha value is -3.19. The molecule has 1 amide bonds. The molecule has 0 aliphatic carbocycles. The van der Waals surface area contributed by atoms with E-state index in [9.17, 15) is 14.9 Å². The lowest BCUT2D eigenvalue weighted by molar-refractivity contribution is -0.385. The molecule has 0 spiro atoms. The third-order valence-corrected chi connectivity index (χ3v) is 4.38. The number of nitro groups is 1. The molecule has 0 atom stereocenters. The predicted octanol–water partition coefficient (Wildman–Crippen LogP) is 3.44. The maximum absolute atomic E-state index is 12.5. The van der Waals surface area contributed by atoms with E-state index in [1.165, 1.54) is 18.2 Å². The van der Waals surface area contributed by atoms with E-state index in [1.807, 2.05) is 31.2 Å². The summed E-state index contributed by atoms with van der Waals surface area (Å²) in [7, 11) is 1.71. The fourth-order valence-electron chi connectivity index (χ4n) is 2.87. The third-order valence-electron chi connectivity index (χ3n) is 4.38. The van der Waals surface area contributed by atoms with Crippen LogP contribution in [0.15, 0.2) is 42.5 Å². The summed E-state index contributed by atoms with van der Waals surface area (Å²) in [6.07, 6.45) is 2.95. The second-order valence-corrected chi connectivity index (χ2v) is 6.35. The van der Waals surface area contributed by atoms with Crippen LogP contribution in [0, 0.1) is 17.0 Å². The number of nitrogens with zero attached hydrogens (tertiary/aromatic N) is 2. The van der Waals surface area contributed by atoms with Gasteiger partial charge in [0.15, 0.2) is 6.79 Å². The van der Waals surface area contributed by atoms with Crippen LogP contribution in [0.2, 0.25) is 0 Å². The molecule has 0 unspecified atom stereocenters. The third kappa shape index (κ3) is 4.32. The number of fused-ring (bicyclic) bond motifs is 1. The molecule has 0 saturated heterocycles. The number of benzene rings is 2. The van der Waals surface area contributed by atoms with Crippen molar-refractivity contribution in [2.45, 2.75) is 20.1 Å². The lowest BCUT2D eigenvalue weighted by atomic mass is 10.1. The molecular formula is C20H20N2O5. The van der Waals surface area contributed by atoms with Crippen LogP contribution >= 0.6 is 0 Å². The maximum Gasteiger partial charge on any atom is 0.270 e. The summed E-state index contributed by atoms with van der Waals surface area (Å²) in [5, 5.41) is 11.1. The van der Waals surface area contributed by atoms with Gasteiger partial charge in [-0.3, -0.25) is 14.9 Å². The van der Waals surface area contributed by atoms with Crippen molar-refractivity contribution < 1.29 is 19.2 Å². The van der Waals surface area contributed by atoms with Gasteiger partial charge in [-0.15, -0.1) is 0 Å². The minimum atomic E-state index is -0.474. The van der Waals surface area contributed by atoms with Gasteiger partial charge in [-0.25, -0.2) is 0 Å². The number of carbonyl (C=O) groups is 1. The van der Waals surface area contributed by atoms with Gasteiger partial charge in [0.2, 0.25) is 5.91 Å². The van der Waals surface area contributed by atoms with Gasteiger partial charge in [0.1, 0.15) is 5.75 Å². The molecule has 0 bridgehead atoms. The van der Waals surface area contributed by atoms with Gasteiger partial charge in [-0.1, -0.05) is 24.3 Å². The van der Waals surface area contributed by atoms with E-state index in [1.54, 1.807) is 18.0 Å². The summed E-state index contributed by atoms with van der Waals surface area (Å²) in [6, 6.07) is 10.7. The number of ether oxygens (including phenoxy) is 2. The molecule has 7 nitrogen and oxygen atoms in total. The number of amides is 1. The van der Waals surface area contributed by atoms with Gasteiger partial charge in [0.05, 0.1) is 11.5 Å². The van der Waals surface area contributed by atoms with Crippen molar-refractivity contribution in [1.82, 2.24) is 4.90 Å². The molecule has 3 rings (SSSR count). The topological polar surface area (TPSA) is 81.9 Å².